The molecule has 3 N–H and O–H groups in total. The Bertz CT molecular complexity index is 851. The molecule has 9 heteroatoms. The monoisotopic (exact) mass is 380 g/mol. The van der Waals surface area contributed by atoms with E-state index in [0.717, 1.165) is 6.42 Å². The van der Waals surface area contributed by atoms with Crippen LogP contribution in [0.15, 0.2) is 30.5 Å². The Hall–Kier alpha value is -2.84. The number of nitrogens with two attached hydrogens (primary N) is 1. The van der Waals surface area contributed by atoms with E-state index in [0.29, 0.717) is 29.8 Å². The SMILES string of the molecule is Cc1ncc(CNC(=O)C2(c3cccc(OC(F)(F)F)c3)CCC2)c(N)n1. The number of anilines is 1. The van der Waals surface area contributed by atoms with Gasteiger partial charge in [-0.1, -0.05) is 18.6 Å². The van der Waals surface area contributed by atoms with Crippen LogP contribution in [0.25, 0.3) is 0 Å². The molecular weight excluding hydrogens is 361 g/mol. The maximum absolute atomic E-state index is 12.8. The molecule has 6 nitrogen and oxygen atoms in total. The molecule has 144 valence electrons. The first kappa shape index (κ1) is 18.9. The van der Waals surface area contributed by atoms with Crippen LogP contribution in [0.1, 0.15) is 36.2 Å². The second-order valence-corrected chi connectivity index (χ2v) is 6.52. The van der Waals surface area contributed by atoms with Gasteiger partial charge in [0.1, 0.15) is 17.4 Å². The smallest absolute Gasteiger partial charge is 0.406 e. The lowest BCUT2D eigenvalue weighted by Gasteiger charge is -2.40. The number of nitrogens with zero attached hydrogens (tertiary/aromatic N) is 2. The van der Waals surface area contributed by atoms with Gasteiger partial charge in [0.15, 0.2) is 0 Å². The van der Waals surface area contributed by atoms with Crippen LogP contribution in [0.5, 0.6) is 5.75 Å². The van der Waals surface area contributed by atoms with Crippen molar-refractivity contribution in [2.24, 2.45) is 0 Å². The number of hydrogen-bond donors (Lipinski definition) is 2. The molecule has 1 fully saturated rings. The molecule has 1 amide bonds. The molecule has 0 spiro atoms. The molecule has 2 aromatic rings. The number of nitrogen functional groups attached to an aromatic ring is 1. The maximum atomic E-state index is 12.8. The molecule has 0 saturated heterocycles. The lowest BCUT2D eigenvalue weighted by molar-refractivity contribution is -0.274. The molecule has 0 radical (unpaired) electrons. The summed E-state index contributed by atoms with van der Waals surface area (Å²) in [6.45, 7) is 1.85. The van der Waals surface area contributed by atoms with Gasteiger partial charge in [0, 0.05) is 18.3 Å². The van der Waals surface area contributed by atoms with E-state index >= 15 is 0 Å². The van der Waals surface area contributed by atoms with E-state index in [1.807, 2.05) is 0 Å². The lowest BCUT2D eigenvalue weighted by atomic mass is 9.63. The van der Waals surface area contributed by atoms with Crippen LogP contribution in [0.3, 0.4) is 0 Å². The number of rotatable bonds is 5. The van der Waals surface area contributed by atoms with Crippen molar-refractivity contribution in [2.45, 2.75) is 44.5 Å². The standard InChI is InChI=1S/C18H19F3N4O2/c1-11-23-9-12(15(22)25-11)10-24-16(26)17(6-3-7-17)13-4-2-5-14(8-13)27-18(19,20)21/h2,4-5,8-9H,3,6-7,10H2,1H3,(H,24,26)(H2,22,23,25). The van der Waals surface area contributed by atoms with Crippen LogP contribution < -0.4 is 15.8 Å². The van der Waals surface area contributed by atoms with Crippen LogP contribution in [-0.2, 0) is 16.8 Å². The van der Waals surface area contributed by atoms with Gasteiger partial charge < -0.3 is 15.8 Å². The van der Waals surface area contributed by atoms with Gasteiger partial charge in [-0.25, -0.2) is 9.97 Å². The Kier molecular flexibility index (Phi) is 4.95. The average molecular weight is 380 g/mol. The van der Waals surface area contributed by atoms with Crippen molar-refractivity contribution in [1.82, 2.24) is 15.3 Å². The minimum atomic E-state index is -4.78. The summed E-state index contributed by atoms with van der Waals surface area (Å²) < 4.78 is 41.4. The summed E-state index contributed by atoms with van der Waals surface area (Å²) in [5.74, 6) is 0.207. The summed E-state index contributed by atoms with van der Waals surface area (Å²) >= 11 is 0. The molecule has 1 aliphatic rings. The van der Waals surface area contributed by atoms with Gasteiger partial charge in [-0.05, 0) is 37.5 Å². The van der Waals surface area contributed by atoms with Gasteiger partial charge in [0.2, 0.25) is 5.91 Å². The Labute approximate surface area is 154 Å². The number of benzene rings is 1. The highest BCUT2D eigenvalue weighted by Crippen LogP contribution is 2.45. The molecular formula is C18H19F3N4O2. The van der Waals surface area contributed by atoms with Crippen LogP contribution in [-0.4, -0.2) is 22.2 Å². The maximum Gasteiger partial charge on any atom is 0.573 e. The number of nitrogens with one attached hydrogen (secondary N) is 1. The predicted molar refractivity (Wildman–Crippen MR) is 91.7 cm³/mol. The molecule has 1 aromatic heterocycles. The first-order valence-corrected chi connectivity index (χ1v) is 8.42. The second-order valence-electron chi connectivity index (χ2n) is 6.52. The van der Waals surface area contributed by atoms with Gasteiger partial charge in [0.05, 0.1) is 5.41 Å². The molecule has 0 bridgehead atoms. The fourth-order valence-corrected chi connectivity index (χ4v) is 3.16. The summed E-state index contributed by atoms with van der Waals surface area (Å²) in [6.07, 6.45) is -1.32. The van der Waals surface area contributed by atoms with Gasteiger partial charge in [-0.15, -0.1) is 13.2 Å². The Morgan fingerprint density at radius 2 is 2.11 bits per heavy atom. The summed E-state index contributed by atoms with van der Waals surface area (Å²) in [5.41, 5.74) is 6.04. The van der Waals surface area contributed by atoms with Gasteiger partial charge in [0.25, 0.3) is 0 Å². The zero-order chi connectivity index (χ0) is 19.7. The number of amides is 1. The second kappa shape index (κ2) is 7.05. The van der Waals surface area contributed by atoms with E-state index in [2.05, 4.69) is 20.0 Å². The summed E-state index contributed by atoms with van der Waals surface area (Å²) in [5, 5.41) is 2.81. The van der Waals surface area contributed by atoms with E-state index in [1.54, 1.807) is 19.2 Å². The summed E-state index contributed by atoms with van der Waals surface area (Å²) in [7, 11) is 0. The summed E-state index contributed by atoms with van der Waals surface area (Å²) in [4.78, 5) is 20.9. The molecule has 0 unspecified atom stereocenters. The zero-order valence-corrected chi connectivity index (χ0v) is 14.6. The number of carbonyl (C=O) groups is 1. The van der Waals surface area contributed by atoms with Crippen molar-refractivity contribution in [2.75, 3.05) is 5.73 Å². The Morgan fingerprint density at radius 3 is 2.70 bits per heavy atom. The number of alkyl halides is 3. The Balaban J connectivity index is 1.77. The third-order valence-electron chi connectivity index (χ3n) is 4.72. The van der Waals surface area contributed by atoms with Crippen molar-refractivity contribution in [3.8, 4) is 5.75 Å². The third kappa shape index (κ3) is 4.12. The van der Waals surface area contributed by atoms with Gasteiger partial charge in [-0.2, -0.15) is 0 Å². The normalized spacial score (nSPS) is 15.7. The number of halogens is 3. The van der Waals surface area contributed by atoms with Gasteiger partial charge >= 0.3 is 6.36 Å². The lowest BCUT2D eigenvalue weighted by Crippen LogP contribution is -2.49. The number of carbonyl (C=O) groups excluding carboxylic acids is 1. The van der Waals surface area contributed by atoms with E-state index in [-0.39, 0.29) is 24.0 Å². The highest BCUT2D eigenvalue weighted by molar-refractivity contribution is 5.89. The first-order chi connectivity index (χ1) is 12.7. The number of aryl methyl sites for hydroxylation is 1. The van der Waals surface area contributed by atoms with E-state index in [1.165, 1.54) is 18.2 Å². The minimum Gasteiger partial charge on any atom is -0.406 e. The summed E-state index contributed by atoms with van der Waals surface area (Å²) in [6, 6.07) is 5.59. The zero-order valence-electron chi connectivity index (χ0n) is 14.6. The van der Waals surface area contributed by atoms with Crippen molar-refractivity contribution in [3.63, 3.8) is 0 Å². The van der Waals surface area contributed by atoms with Crippen LogP contribution >= 0.6 is 0 Å². The van der Waals surface area contributed by atoms with Crippen LogP contribution in [0, 0.1) is 6.92 Å². The average Bonchev–Trinajstić information content (AvgIpc) is 2.52. The molecule has 1 heterocycles. The molecule has 0 aliphatic heterocycles. The fraction of sp³-hybridized carbons (Fsp3) is 0.389. The highest BCUT2D eigenvalue weighted by Gasteiger charge is 2.46. The largest absolute Gasteiger partial charge is 0.573 e. The van der Waals surface area contributed by atoms with E-state index < -0.39 is 11.8 Å². The van der Waals surface area contributed by atoms with Crippen molar-refractivity contribution >= 4 is 11.7 Å². The first-order valence-electron chi connectivity index (χ1n) is 8.42. The molecule has 27 heavy (non-hydrogen) atoms. The highest BCUT2D eigenvalue weighted by atomic mass is 19.4. The number of aromatic nitrogens is 2. The molecule has 1 aliphatic carbocycles. The predicted octanol–water partition coefficient (Wildman–Crippen LogP) is 3.00. The number of hydrogen-bond acceptors (Lipinski definition) is 5. The Morgan fingerprint density at radius 1 is 1.37 bits per heavy atom. The molecule has 3 rings (SSSR count). The fourth-order valence-electron chi connectivity index (χ4n) is 3.16. The van der Waals surface area contributed by atoms with E-state index in [4.69, 9.17) is 5.73 Å². The van der Waals surface area contributed by atoms with Gasteiger partial charge in [-0.3, -0.25) is 4.79 Å². The van der Waals surface area contributed by atoms with Crippen LogP contribution in [0.2, 0.25) is 0 Å². The molecule has 1 saturated carbocycles. The quantitative estimate of drug-likeness (QED) is 0.832. The van der Waals surface area contributed by atoms with Crippen molar-refractivity contribution in [1.29, 1.82) is 0 Å². The number of ether oxygens (including phenoxy) is 1. The van der Waals surface area contributed by atoms with E-state index in [9.17, 15) is 18.0 Å². The van der Waals surface area contributed by atoms with Crippen LogP contribution in [0.4, 0.5) is 19.0 Å². The minimum absolute atomic E-state index is 0.144. The topological polar surface area (TPSA) is 90.1 Å². The molecule has 0 atom stereocenters. The third-order valence-corrected chi connectivity index (χ3v) is 4.72. The molecule has 1 aromatic carbocycles. The van der Waals surface area contributed by atoms with Crippen molar-refractivity contribution in [3.05, 3.63) is 47.4 Å². The van der Waals surface area contributed by atoms with Crippen molar-refractivity contribution < 1.29 is 22.7 Å².